The fraction of sp³-hybridized carbons (Fsp3) is 0.0714. The summed E-state index contributed by atoms with van der Waals surface area (Å²) in [6.07, 6.45) is 9.08. The van der Waals surface area contributed by atoms with Crippen molar-refractivity contribution in [2.24, 2.45) is 0 Å². The minimum atomic E-state index is 0.334. The van der Waals surface area contributed by atoms with Crippen molar-refractivity contribution in [3.8, 4) is 6.07 Å². The molecule has 0 N–H and O–H groups in total. The van der Waals surface area contributed by atoms with Crippen LogP contribution in [0, 0.1) is 11.3 Å². The molecule has 0 radical (unpaired) electrons. The molecule has 76 valence electrons. The highest BCUT2D eigenvalue weighted by molar-refractivity contribution is 5.46. The molecule has 0 amide bonds. The number of rotatable bonds is 6. The zero-order valence-electron chi connectivity index (χ0n) is 8.87. The predicted octanol–water partition coefficient (Wildman–Crippen LogP) is 3.87. The van der Waals surface area contributed by atoms with Crippen LogP contribution in [0.4, 0.5) is 0 Å². The number of hydrogen-bond donors (Lipinski definition) is 0. The number of hydrogen-bond acceptors (Lipinski definition) is 1. The zero-order chi connectivity index (χ0) is 11.7. The summed E-state index contributed by atoms with van der Waals surface area (Å²) in [5, 5.41) is 8.54. The first-order valence-electron chi connectivity index (χ1n) is 4.53. The van der Waals surface area contributed by atoms with Crippen LogP contribution < -0.4 is 0 Å². The van der Waals surface area contributed by atoms with Gasteiger partial charge >= 0.3 is 0 Å². The topological polar surface area (TPSA) is 23.8 Å². The maximum Gasteiger partial charge on any atom is 0.0669 e. The molecule has 0 rings (SSSR count). The Morgan fingerprint density at radius 2 is 1.87 bits per heavy atom. The van der Waals surface area contributed by atoms with Gasteiger partial charge in [0.1, 0.15) is 0 Å². The third-order valence-corrected chi connectivity index (χ3v) is 1.75. The van der Waals surface area contributed by atoms with Gasteiger partial charge in [0.2, 0.25) is 0 Å². The highest BCUT2D eigenvalue weighted by Gasteiger charge is 1.95. The SMILES string of the molecule is C=C/C=C\C(=C)C(=C)/C=C(\C=C)CC#N. The van der Waals surface area contributed by atoms with E-state index < -0.39 is 0 Å². The molecule has 0 bridgehead atoms. The van der Waals surface area contributed by atoms with Crippen LogP contribution in [0.25, 0.3) is 0 Å². The van der Waals surface area contributed by atoms with Gasteiger partial charge in [-0.15, -0.1) is 0 Å². The highest BCUT2D eigenvalue weighted by atomic mass is 14.2. The zero-order valence-corrected chi connectivity index (χ0v) is 8.87. The van der Waals surface area contributed by atoms with E-state index in [1.807, 2.05) is 12.2 Å². The van der Waals surface area contributed by atoms with Gasteiger partial charge in [0.15, 0.2) is 0 Å². The molecule has 0 aliphatic carbocycles. The van der Waals surface area contributed by atoms with E-state index in [1.165, 1.54) is 0 Å². The Morgan fingerprint density at radius 3 is 2.33 bits per heavy atom. The molecule has 0 saturated heterocycles. The normalized spacial score (nSPS) is 10.7. The molecular weight excluding hydrogens is 182 g/mol. The van der Waals surface area contributed by atoms with Crippen LogP contribution in [-0.4, -0.2) is 0 Å². The summed E-state index contributed by atoms with van der Waals surface area (Å²) in [5.41, 5.74) is 2.42. The Balaban J connectivity index is 4.65. The average molecular weight is 197 g/mol. The fourth-order valence-corrected chi connectivity index (χ4v) is 0.881. The molecule has 0 aliphatic rings. The van der Waals surface area contributed by atoms with E-state index in [9.17, 15) is 0 Å². The maximum atomic E-state index is 8.54. The van der Waals surface area contributed by atoms with Gasteiger partial charge in [0.05, 0.1) is 12.5 Å². The van der Waals surface area contributed by atoms with E-state index in [4.69, 9.17) is 5.26 Å². The van der Waals surface area contributed by atoms with E-state index in [2.05, 4.69) is 32.4 Å². The van der Waals surface area contributed by atoms with Gasteiger partial charge in [-0.2, -0.15) is 5.26 Å². The van der Waals surface area contributed by atoms with Crippen LogP contribution in [0.3, 0.4) is 0 Å². The molecule has 0 unspecified atom stereocenters. The smallest absolute Gasteiger partial charge is 0.0669 e. The van der Waals surface area contributed by atoms with Gasteiger partial charge in [0, 0.05) is 0 Å². The van der Waals surface area contributed by atoms with Gasteiger partial charge in [-0.1, -0.05) is 56.7 Å². The van der Waals surface area contributed by atoms with Gasteiger partial charge in [-0.05, 0) is 16.7 Å². The van der Waals surface area contributed by atoms with Crippen molar-refractivity contribution in [1.82, 2.24) is 0 Å². The molecule has 0 spiro atoms. The maximum absolute atomic E-state index is 8.54. The van der Waals surface area contributed by atoms with Crippen molar-refractivity contribution >= 4 is 0 Å². The van der Waals surface area contributed by atoms with Crippen molar-refractivity contribution in [3.63, 3.8) is 0 Å². The summed E-state index contributed by atoms with van der Waals surface area (Å²) >= 11 is 0. The lowest BCUT2D eigenvalue weighted by Gasteiger charge is -2.00. The fourth-order valence-electron chi connectivity index (χ4n) is 0.881. The van der Waals surface area contributed by atoms with Gasteiger partial charge in [-0.25, -0.2) is 0 Å². The molecule has 0 aromatic rings. The van der Waals surface area contributed by atoms with Crippen molar-refractivity contribution in [1.29, 1.82) is 5.26 Å². The summed E-state index contributed by atoms with van der Waals surface area (Å²) < 4.78 is 0. The molecule has 0 aromatic heterocycles. The predicted molar refractivity (Wildman–Crippen MR) is 66.1 cm³/mol. The van der Waals surface area contributed by atoms with Gasteiger partial charge < -0.3 is 0 Å². The van der Waals surface area contributed by atoms with E-state index in [-0.39, 0.29) is 0 Å². The summed E-state index contributed by atoms with van der Waals surface area (Å²) in [6, 6.07) is 2.06. The largest absolute Gasteiger partial charge is 0.198 e. The highest BCUT2D eigenvalue weighted by Crippen LogP contribution is 2.13. The average Bonchev–Trinajstić information content (AvgIpc) is 2.24. The summed E-state index contributed by atoms with van der Waals surface area (Å²) in [4.78, 5) is 0. The monoisotopic (exact) mass is 197 g/mol. The van der Waals surface area contributed by atoms with Crippen molar-refractivity contribution in [2.75, 3.05) is 0 Å². The molecule has 0 aliphatic heterocycles. The molecule has 0 saturated carbocycles. The number of nitriles is 1. The summed E-state index contributed by atoms with van der Waals surface area (Å²) in [7, 11) is 0. The number of nitrogens with zero attached hydrogens (tertiary/aromatic N) is 1. The van der Waals surface area contributed by atoms with Crippen LogP contribution in [0.5, 0.6) is 0 Å². The van der Waals surface area contributed by atoms with Gasteiger partial charge in [0.25, 0.3) is 0 Å². The Hall–Kier alpha value is -2.07. The lowest BCUT2D eigenvalue weighted by molar-refractivity contribution is 1.27. The van der Waals surface area contributed by atoms with Crippen LogP contribution in [0.2, 0.25) is 0 Å². The molecule has 1 heteroatoms. The first-order valence-corrected chi connectivity index (χ1v) is 4.53. The Bertz CT molecular complexity index is 373. The van der Waals surface area contributed by atoms with Gasteiger partial charge in [-0.3, -0.25) is 0 Å². The molecular formula is C14H15N. The number of allylic oxidation sites excluding steroid dienone is 8. The van der Waals surface area contributed by atoms with Crippen molar-refractivity contribution < 1.29 is 0 Å². The minimum absolute atomic E-state index is 0.334. The second-order valence-electron chi connectivity index (χ2n) is 2.90. The minimum Gasteiger partial charge on any atom is -0.198 e. The van der Waals surface area contributed by atoms with Crippen LogP contribution in [-0.2, 0) is 0 Å². The van der Waals surface area contributed by atoms with E-state index in [0.29, 0.717) is 6.42 Å². The van der Waals surface area contributed by atoms with Crippen LogP contribution in [0.1, 0.15) is 6.42 Å². The Morgan fingerprint density at radius 1 is 1.20 bits per heavy atom. The molecule has 0 fully saturated rings. The molecule has 0 heterocycles. The second-order valence-corrected chi connectivity index (χ2v) is 2.90. The molecule has 0 atom stereocenters. The lowest BCUT2D eigenvalue weighted by atomic mass is 10.0. The van der Waals surface area contributed by atoms with Crippen LogP contribution in [0.15, 0.2) is 73.4 Å². The molecule has 15 heavy (non-hydrogen) atoms. The lowest BCUT2D eigenvalue weighted by Crippen LogP contribution is -1.82. The molecule has 0 aromatic carbocycles. The molecule has 1 nitrogen and oxygen atoms in total. The van der Waals surface area contributed by atoms with E-state index in [0.717, 1.165) is 16.7 Å². The first kappa shape index (κ1) is 12.9. The van der Waals surface area contributed by atoms with E-state index in [1.54, 1.807) is 18.2 Å². The third kappa shape index (κ3) is 5.28. The standard InChI is InChI=1S/C14H15N/c1-5-7-8-12(3)13(4)11-14(6-2)9-10-15/h5-8,11H,1-4,9H2/b8-7-,14-11+. The summed E-state index contributed by atoms with van der Waals surface area (Å²) in [6.45, 7) is 14.9. The quantitative estimate of drug-likeness (QED) is 0.593. The van der Waals surface area contributed by atoms with E-state index >= 15 is 0 Å². The summed E-state index contributed by atoms with van der Waals surface area (Å²) in [5.74, 6) is 0. The van der Waals surface area contributed by atoms with Crippen molar-refractivity contribution in [2.45, 2.75) is 6.42 Å². The van der Waals surface area contributed by atoms with Crippen LogP contribution >= 0.6 is 0 Å². The first-order chi connectivity index (χ1) is 7.15. The second kappa shape index (κ2) is 7.34. The third-order valence-electron chi connectivity index (χ3n) is 1.75. The Labute approximate surface area is 91.7 Å². The van der Waals surface area contributed by atoms with Crippen molar-refractivity contribution in [3.05, 3.63) is 73.4 Å². The Kier molecular flexibility index (Phi) is 6.33.